The van der Waals surface area contributed by atoms with Crippen LogP contribution in [-0.4, -0.2) is 33.2 Å². The lowest BCUT2D eigenvalue weighted by Crippen LogP contribution is -2.44. The van der Waals surface area contributed by atoms with Crippen LogP contribution in [0.1, 0.15) is 26.7 Å². The molecule has 0 aromatic carbocycles. The number of hydrogen-bond acceptors (Lipinski definition) is 3. The Morgan fingerprint density at radius 2 is 1.47 bits per heavy atom. The summed E-state index contributed by atoms with van der Waals surface area (Å²) in [6.07, 6.45) is -0.887. The third-order valence-corrected chi connectivity index (χ3v) is 2.48. The van der Waals surface area contributed by atoms with Gasteiger partial charge in [-0.15, -0.1) is 0 Å². The molecule has 0 radical (unpaired) electrons. The van der Waals surface area contributed by atoms with E-state index in [0.29, 0.717) is 0 Å². The summed E-state index contributed by atoms with van der Waals surface area (Å²) in [7, 11) is 0. The fourth-order valence-electron chi connectivity index (χ4n) is 1.39. The molecule has 0 rings (SSSR count). The third kappa shape index (κ3) is 2.68. The highest BCUT2D eigenvalue weighted by Gasteiger charge is 2.49. The van der Waals surface area contributed by atoms with Crippen molar-refractivity contribution in [3.8, 4) is 0 Å². The summed E-state index contributed by atoms with van der Waals surface area (Å²) in [6.45, 7) is 2.90. The van der Waals surface area contributed by atoms with Crippen molar-refractivity contribution >= 4 is 17.9 Å². The van der Waals surface area contributed by atoms with Crippen LogP contribution in [-0.2, 0) is 14.4 Å². The van der Waals surface area contributed by atoms with Crippen molar-refractivity contribution < 1.29 is 29.7 Å². The van der Waals surface area contributed by atoms with Crippen LogP contribution in [0.4, 0.5) is 0 Å². The SMILES string of the molecule is CC(C)C(CCC(=O)O)(C(=O)O)C(=O)O. The van der Waals surface area contributed by atoms with Crippen LogP contribution in [0.5, 0.6) is 0 Å². The maximum Gasteiger partial charge on any atom is 0.321 e. The van der Waals surface area contributed by atoms with Crippen molar-refractivity contribution in [3.05, 3.63) is 0 Å². The lowest BCUT2D eigenvalue weighted by Gasteiger charge is -2.28. The van der Waals surface area contributed by atoms with Gasteiger partial charge in [0.05, 0.1) is 0 Å². The van der Waals surface area contributed by atoms with Crippen LogP contribution in [0.25, 0.3) is 0 Å². The lowest BCUT2D eigenvalue weighted by molar-refractivity contribution is -0.169. The molecule has 15 heavy (non-hydrogen) atoms. The molecular formula is C9H14O6. The second kappa shape index (κ2) is 4.77. The van der Waals surface area contributed by atoms with Crippen LogP contribution >= 0.6 is 0 Å². The molecule has 0 unspecified atom stereocenters. The van der Waals surface area contributed by atoms with E-state index in [0.717, 1.165) is 0 Å². The van der Waals surface area contributed by atoms with Gasteiger partial charge in [0.15, 0.2) is 5.41 Å². The van der Waals surface area contributed by atoms with Gasteiger partial charge in [0.25, 0.3) is 0 Å². The average Bonchev–Trinajstić information content (AvgIpc) is 2.02. The Balaban J connectivity index is 5.06. The molecule has 0 amide bonds. The summed E-state index contributed by atoms with van der Waals surface area (Å²) in [4.78, 5) is 32.2. The van der Waals surface area contributed by atoms with Gasteiger partial charge in [-0.3, -0.25) is 14.4 Å². The largest absolute Gasteiger partial charge is 0.481 e. The fourth-order valence-corrected chi connectivity index (χ4v) is 1.39. The van der Waals surface area contributed by atoms with Gasteiger partial charge >= 0.3 is 17.9 Å². The lowest BCUT2D eigenvalue weighted by atomic mass is 9.73. The summed E-state index contributed by atoms with van der Waals surface area (Å²) in [5.74, 6) is -4.87. The van der Waals surface area contributed by atoms with Crippen LogP contribution in [0.15, 0.2) is 0 Å². The Kier molecular flexibility index (Phi) is 4.26. The normalized spacial score (nSPS) is 11.4. The number of rotatable bonds is 6. The maximum atomic E-state index is 10.9. The van der Waals surface area contributed by atoms with E-state index in [1.54, 1.807) is 0 Å². The summed E-state index contributed by atoms with van der Waals surface area (Å²) >= 11 is 0. The second-order valence-electron chi connectivity index (χ2n) is 3.63. The molecule has 0 spiro atoms. The molecule has 6 heteroatoms. The molecule has 0 fully saturated rings. The molecule has 0 bridgehead atoms. The van der Waals surface area contributed by atoms with E-state index in [4.69, 9.17) is 15.3 Å². The first kappa shape index (κ1) is 13.4. The van der Waals surface area contributed by atoms with E-state index in [-0.39, 0.29) is 0 Å². The van der Waals surface area contributed by atoms with Gasteiger partial charge in [0, 0.05) is 6.42 Å². The molecule has 0 saturated heterocycles. The molecule has 0 atom stereocenters. The highest BCUT2D eigenvalue weighted by Crippen LogP contribution is 2.33. The van der Waals surface area contributed by atoms with Crippen molar-refractivity contribution in [2.24, 2.45) is 11.3 Å². The van der Waals surface area contributed by atoms with E-state index in [1.807, 2.05) is 0 Å². The summed E-state index contributed by atoms with van der Waals surface area (Å²) < 4.78 is 0. The number of carboxylic acid groups (broad SMARTS) is 3. The summed E-state index contributed by atoms with van der Waals surface area (Å²) in [5, 5.41) is 26.2. The molecule has 0 aliphatic heterocycles. The summed E-state index contributed by atoms with van der Waals surface area (Å²) in [6, 6.07) is 0. The predicted octanol–water partition coefficient (Wildman–Crippen LogP) is 0.663. The Bertz CT molecular complexity index is 266. The molecule has 0 aromatic heterocycles. The van der Waals surface area contributed by atoms with Gasteiger partial charge in [-0.25, -0.2) is 0 Å². The minimum atomic E-state index is -2.02. The second-order valence-corrected chi connectivity index (χ2v) is 3.63. The number of aliphatic carboxylic acids is 3. The van der Waals surface area contributed by atoms with Crippen LogP contribution < -0.4 is 0 Å². The Hall–Kier alpha value is -1.59. The Morgan fingerprint density at radius 3 is 1.67 bits per heavy atom. The molecule has 0 aliphatic rings. The standard InChI is InChI=1S/C9H14O6/c1-5(2)9(7(12)13,8(14)15)4-3-6(10)11/h5H,3-4H2,1-2H3,(H,10,11)(H,12,13)(H,14,15). The van der Waals surface area contributed by atoms with Gasteiger partial charge in [0.2, 0.25) is 0 Å². The van der Waals surface area contributed by atoms with Gasteiger partial charge in [-0.05, 0) is 12.3 Å². The van der Waals surface area contributed by atoms with Crippen molar-refractivity contribution in [2.75, 3.05) is 0 Å². The zero-order chi connectivity index (χ0) is 12.2. The van der Waals surface area contributed by atoms with E-state index < -0.39 is 42.1 Å². The Labute approximate surface area is 86.5 Å². The molecule has 0 aliphatic carbocycles. The minimum absolute atomic E-state index is 0.412. The molecule has 6 nitrogen and oxygen atoms in total. The topological polar surface area (TPSA) is 112 Å². The zero-order valence-electron chi connectivity index (χ0n) is 8.56. The minimum Gasteiger partial charge on any atom is -0.481 e. The maximum absolute atomic E-state index is 10.9. The quantitative estimate of drug-likeness (QED) is 0.564. The zero-order valence-corrected chi connectivity index (χ0v) is 8.56. The molecule has 86 valence electrons. The van der Waals surface area contributed by atoms with Gasteiger partial charge in [-0.1, -0.05) is 13.8 Å². The van der Waals surface area contributed by atoms with E-state index >= 15 is 0 Å². The number of hydrogen-bond donors (Lipinski definition) is 3. The smallest absolute Gasteiger partial charge is 0.321 e. The first-order chi connectivity index (χ1) is 6.75. The van der Waals surface area contributed by atoms with Crippen LogP contribution in [0, 0.1) is 11.3 Å². The van der Waals surface area contributed by atoms with Crippen LogP contribution in [0.2, 0.25) is 0 Å². The van der Waals surface area contributed by atoms with E-state index in [1.165, 1.54) is 13.8 Å². The fraction of sp³-hybridized carbons (Fsp3) is 0.667. The monoisotopic (exact) mass is 218 g/mol. The number of carbonyl (C=O) groups is 3. The molecule has 0 saturated carbocycles. The molecular weight excluding hydrogens is 204 g/mol. The highest BCUT2D eigenvalue weighted by atomic mass is 16.4. The predicted molar refractivity (Wildman–Crippen MR) is 49.4 cm³/mol. The van der Waals surface area contributed by atoms with Crippen molar-refractivity contribution in [1.29, 1.82) is 0 Å². The highest BCUT2D eigenvalue weighted by molar-refractivity contribution is 5.98. The van der Waals surface area contributed by atoms with Gasteiger partial charge in [0.1, 0.15) is 0 Å². The molecule has 0 aromatic rings. The third-order valence-electron chi connectivity index (χ3n) is 2.48. The average molecular weight is 218 g/mol. The van der Waals surface area contributed by atoms with Crippen LogP contribution in [0.3, 0.4) is 0 Å². The summed E-state index contributed by atoms with van der Waals surface area (Å²) in [5.41, 5.74) is -2.02. The van der Waals surface area contributed by atoms with Gasteiger partial charge in [-0.2, -0.15) is 0 Å². The Morgan fingerprint density at radius 1 is 1.07 bits per heavy atom. The number of carboxylic acids is 3. The molecule has 3 N–H and O–H groups in total. The van der Waals surface area contributed by atoms with Gasteiger partial charge < -0.3 is 15.3 Å². The molecule has 0 heterocycles. The first-order valence-corrected chi connectivity index (χ1v) is 4.43. The van der Waals surface area contributed by atoms with Crippen molar-refractivity contribution in [1.82, 2.24) is 0 Å². The van der Waals surface area contributed by atoms with E-state index in [9.17, 15) is 14.4 Å². The van der Waals surface area contributed by atoms with Crippen molar-refractivity contribution in [3.63, 3.8) is 0 Å². The van der Waals surface area contributed by atoms with E-state index in [2.05, 4.69) is 0 Å². The van der Waals surface area contributed by atoms with Crippen molar-refractivity contribution in [2.45, 2.75) is 26.7 Å². The first-order valence-electron chi connectivity index (χ1n) is 4.43.